The molecule has 15 heavy (non-hydrogen) atoms. The van der Waals surface area contributed by atoms with Gasteiger partial charge in [0.15, 0.2) is 0 Å². The van der Waals surface area contributed by atoms with Crippen molar-refractivity contribution in [3.8, 4) is 0 Å². The Balaban J connectivity index is 2.40. The number of nitrogens with one attached hydrogen (secondary N) is 1. The van der Waals surface area contributed by atoms with E-state index in [1.807, 2.05) is 32.0 Å². The van der Waals surface area contributed by atoms with Crippen LogP contribution in [0.15, 0.2) is 30.3 Å². The number of hydrogen-bond acceptors (Lipinski definition) is 3. The molecule has 0 saturated carbocycles. The van der Waals surface area contributed by atoms with Gasteiger partial charge in [-0.3, -0.25) is 5.21 Å². The Labute approximate surface area is 91.6 Å². The van der Waals surface area contributed by atoms with Crippen LogP contribution in [0.4, 0.5) is 0 Å². The quantitative estimate of drug-likeness (QED) is 0.729. The summed E-state index contributed by atoms with van der Waals surface area (Å²) in [5, 5.41) is 10.6. The average Bonchev–Trinajstić information content (AvgIpc) is 2.26. The molecule has 3 heteroatoms. The van der Waals surface area contributed by atoms with Crippen LogP contribution in [0.5, 0.6) is 0 Å². The zero-order valence-corrected chi connectivity index (χ0v) is 9.64. The Hall–Kier alpha value is -0.900. The van der Waals surface area contributed by atoms with Crippen LogP contribution in [-0.2, 0) is 0 Å². The summed E-state index contributed by atoms with van der Waals surface area (Å²) in [5.74, 6) is 0.389. The SMILES string of the molecule is CC(CNN(O)C(C)C)c1ccccc1. The predicted octanol–water partition coefficient (Wildman–Crippen LogP) is 2.39. The van der Waals surface area contributed by atoms with Gasteiger partial charge in [0.25, 0.3) is 0 Å². The number of hydrazine groups is 1. The van der Waals surface area contributed by atoms with Gasteiger partial charge < -0.3 is 0 Å². The van der Waals surface area contributed by atoms with Gasteiger partial charge in [-0.1, -0.05) is 37.3 Å². The maximum Gasteiger partial charge on any atom is 0.0453 e. The lowest BCUT2D eigenvalue weighted by atomic mass is 10.0. The molecule has 0 aliphatic heterocycles. The van der Waals surface area contributed by atoms with Crippen LogP contribution in [-0.4, -0.2) is 23.0 Å². The van der Waals surface area contributed by atoms with Crippen molar-refractivity contribution in [2.24, 2.45) is 0 Å². The smallest absolute Gasteiger partial charge is 0.0453 e. The molecule has 1 aromatic rings. The number of hydrogen-bond donors (Lipinski definition) is 2. The molecular weight excluding hydrogens is 188 g/mol. The molecule has 0 bridgehead atoms. The van der Waals surface area contributed by atoms with E-state index in [-0.39, 0.29) is 6.04 Å². The van der Waals surface area contributed by atoms with Gasteiger partial charge in [-0.05, 0) is 25.3 Å². The van der Waals surface area contributed by atoms with Gasteiger partial charge in [0.05, 0.1) is 0 Å². The summed E-state index contributed by atoms with van der Waals surface area (Å²) < 4.78 is 0. The van der Waals surface area contributed by atoms with Crippen molar-refractivity contribution >= 4 is 0 Å². The maximum absolute atomic E-state index is 9.44. The Morgan fingerprint density at radius 3 is 2.33 bits per heavy atom. The van der Waals surface area contributed by atoms with E-state index in [1.165, 1.54) is 5.56 Å². The second-order valence-corrected chi connectivity index (χ2v) is 4.11. The van der Waals surface area contributed by atoms with Crippen LogP contribution < -0.4 is 5.43 Å². The first kappa shape index (κ1) is 12.2. The summed E-state index contributed by atoms with van der Waals surface area (Å²) >= 11 is 0. The third kappa shape index (κ3) is 4.00. The molecule has 1 atom stereocenters. The Bertz CT molecular complexity index is 274. The van der Waals surface area contributed by atoms with Gasteiger partial charge in [0.1, 0.15) is 0 Å². The van der Waals surface area contributed by atoms with Crippen LogP contribution in [0.3, 0.4) is 0 Å². The summed E-state index contributed by atoms with van der Waals surface area (Å²) in [7, 11) is 0. The molecule has 0 heterocycles. The van der Waals surface area contributed by atoms with E-state index >= 15 is 0 Å². The molecule has 0 spiro atoms. The van der Waals surface area contributed by atoms with Gasteiger partial charge in [-0.2, -0.15) is 0 Å². The van der Waals surface area contributed by atoms with Crippen LogP contribution >= 0.6 is 0 Å². The van der Waals surface area contributed by atoms with Gasteiger partial charge in [0.2, 0.25) is 0 Å². The van der Waals surface area contributed by atoms with Gasteiger partial charge in [-0.25, -0.2) is 5.43 Å². The molecule has 84 valence electrons. The highest BCUT2D eigenvalue weighted by Crippen LogP contribution is 2.13. The topological polar surface area (TPSA) is 35.5 Å². The van der Waals surface area contributed by atoms with Crippen LogP contribution in [0.2, 0.25) is 0 Å². The van der Waals surface area contributed by atoms with E-state index in [2.05, 4.69) is 24.5 Å². The van der Waals surface area contributed by atoms with E-state index in [0.717, 1.165) is 11.7 Å². The van der Waals surface area contributed by atoms with Crippen LogP contribution in [0.1, 0.15) is 32.3 Å². The van der Waals surface area contributed by atoms with Crippen molar-refractivity contribution in [3.63, 3.8) is 0 Å². The third-order valence-electron chi connectivity index (χ3n) is 2.42. The molecule has 3 nitrogen and oxygen atoms in total. The van der Waals surface area contributed by atoms with Gasteiger partial charge >= 0.3 is 0 Å². The Morgan fingerprint density at radius 1 is 1.20 bits per heavy atom. The van der Waals surface area contributed by atoms with Gasteiger partial charge in [-0.15, -0.1) is 5.17 Å². The second kappa shape index (κ2) is 5.85. The average molecular weight is 208 g/mol. The van der Waals surface area contributed by atoms with Crippen molar-refractivity contribution in [2.45, 2.75) is 32.7 Å². The van der Waals surface area contributed by atoms with E-state index in [4.69, 9.17) is 0 Å². The lowest BCUT2D eigenvalue weighted by molar-refractivity contribution is -0.161. The molecule has 1 aromatic carbocycles. The number of benzene rings is 1. The summed E-state index contributed by atoms with van der Waals surface area (Å²) in [4.78, 5) is 0. The highest BCUT2D eigenvalue weighted by molar-refractivity contribution is 5.18. The number of hydroxylamine groups is 1. The lowest BCUT2D eigenvalue weighted by Crippen LogP contribution is -2.41. The van der Waals surface area contributed by atoms with E-state index in [9.17, 15) is 5.21 Å². The summed E-state index contributed by atoms with van der Waals surface area (Å²) in [6.45, 7) is 6.73. The predicted molar refractivity (Wildman–Crippen MR) is 61.6 cm³/mol. The number of nitrogens with zero attached hydrogens (tertiary/aromatic N) is 1. The first-order chi connectivity index (χ1) is 7.11. The van der Waals surface area contributed by atoms with Gasteiger partial charge in [0, 0.05) is 12.6 Å². The first-order valence-electron chi connectivity index (χ1n) is 5.38. The second-order valence-electron chi connectivity index (χ2n) is 4.11. The molecule has 0 radical (unpaired) electrons. The highest BCUT2D eigenvalue weighted by Gasteiger charge is 2.08. The molecule has 0 aliphatic carbocycles. The summed E-state index contributed by atoms with van der Waals surface area (Å²) in [5.41, 5.74) is 4.25. The normalized spacial score (nSPS) is 13.5. The fourth-order valence-corrected chi connectivity index (χ4v) is 1.31. The maximum atomic E-state index is 9.44. The first-order valence-corrected chi connectivity index (χ1v) is 5.38. The molecule has 0 fully saturated rings. The molecule has 0 aliphatic rings. The molecule has 1 unspecified atom stereocenters. The monoisotopic (exact) mass is 208 g/mol. The molecule has 0 amide bonds. The molecular formula is C12H20N2O. The summed E-state index contributed by atoms with van der Waals surface area (Å²) in [6.07, 6.45) is 0. The van der Waals surface area contributed by atoms with Crippen molar-refractivity contribution < 1.29 is 5.21 Å². The summed E-state index contributed by atoms with van der Waals surface area (Å²) in [6, 6.07) is 10.4. The fraction of sp³-hybridized carbons (Fsp3) is 0.500. The number of rotatable bonds is 5. The molecule has 1 rings (SSSR count). The van der Waals surface area contributed by atoms with Crippen molar-refractivity contribution in [1.82, 2.24) is 10.6 Å². The minimum absolute atomic E-state index is 0.0907. The Morgan fingerprint density at radius 2 is 1.80 bits per heavy atom. The highest BCUT2D eigenvalue weighted by atomic mass is 16.5. The Kier molecular flexibility index (Phi) is 4.75. The third-order valence-corrected chi connectivity index (χ3v) is 2.42. The van der Waals surface area contributed by atoms with E-state index in [0.29, 0.717) is 5.92 Å². The lowest BCUT2D eigenvalue weighted by Gasteiger charge is -2.22. The standard InChI is InChI=1S/C12H20N2O/c1-10(2)14(15)13-9-11(3)12-7-5-4-6-8-12/h4-8,10-11,13,15H,9H2,1-3H3. The van der Waals surface area contributed by atoms with E-state index in [1.54, 1.807) is 0 Å². The zero-order chi connectivity index (χ0) is 11.3. The van der Waals surface area contributed by atoms with Crippen molar-refractivity contribution in [3.05, 3.63) is 35.9 Å². The largest absolute Gasteiger partial charge is 0.299 e. The molecule has 2 N–H and O–H groups in total. The minimum atomic E-state index is 0.0907. The molecule has 0 aromatic heterocycles. The zero-order valence-electron chi connectivity index (χ0n) is 9.64. The minimum Gasteiger partial charge on any atom is -0.299 e. The van der Waals surface area contributed by atoms with Crippen molar-refractivity contribution in [2.75, 3.05) is 6.54 Å². The van der Waals surface area contributed by atoms with E-state index < -0.39 is 0 Å². The van der Waals surface area contributed by atoms with Crippen LogP contribution in [0.25, 0.3) is 0 Å². The fourth-order valence-electron chi connectivity index (χ4n) is 1.31. The molecule has 0 saturated heterocycles. The van der Waals surface area contributed by atoms with Crippen molar-refractivity contribution in [1.29, 1.82) is 0 Å². The van der Waals surface area contributed by atoms with Crippen LogP contribution in [0, 0.1) is 0 Å².